The third-order valence-corrected chi connectivity index (χ3v) is 4.14. The first kappa shape index (κ1) is 14.9. The number of rotatable bonds is 3. The second-order valence-corrected chi connectivity index (χ2v) is 5.82. The fraction of sp³-hybridized carbons (Fsp3) is 0.353. The van der Waals surface area contributed by atoms with Crippen molar-refractivity contribution in [1.29, 1.82) is 0 Å². The number of piperazine rings is 1. The molecule has 0 bridgehead atoms. The summed E-state index contributed by atoms with van der Waals surface area (Å²) < 4.78 is 0. The zero-order valence-corrected chi connectivity index (χ0v) is 13.5. The monoisotopic (exact) mass is 323 g/mol. The number of anilines is 3. The van der Waals surface area contributed by atoms with Crippen molar-refractivity contribution in [3.63, 3.8) is 0 Å². The molecule has 3 aliphatic heterocycles. The zero-order chi connectivity index (χ0) is 16.2. The first-order valence-corrected chi connectivity index (χ1v) is 8.32. The lowest BCUT2D eigenvalue weighted by Gasteiger charge is -2.29. The minimum atomic E-state index is 0.692. The summed E-state index contributed by atoms with van der Waals surface area (Å²) in [5.41, 5.74) is 0. The largest absolute Gasteiger partial charge is 0.338 e. The molecule has 0 aromatic carbocycles. The first-order chi connectivity index (χ1) is 11.9. The van der Waals surface area contributed by atoms with Crippen molar-refractivity contribution >= 4 is 17.8 Å². The number of aromatic nitrogens is 3. The Morgan fingerprint density at radius 2 is 1.25 bits per heavy atom. The van der Waals surface area contributed by atoms with Gasteiger partial charge in [0.2, 0.25) is 17.8 Å². The van der Waals surface area contributed by atoms with E-state index in [2.05, 4.69) is 22.4 Å². The van der Waals surface area contributed by atoms with Crippen molar-refractivity contribution in [3.05, 3.63) is 48.9 Å². The van der Waals surface area contributed by atoms with E-state index < -0.39 is 0 Å². The third-order valence-electron chi connectivity index (χ3n) is 4.14. The highest BCUT2D eigenvalue weighted by Crippen LogP contribution is 2.21. The van der Waals surface area contributed by atoms with E-state index in [1.54, 1.807) is 0 Å². The maximum absolute atomic E-state index is 4.72. The van der Waals surface area contributed by atoms with Crippen LogP contribution in [0, 0.1) is 0 Å². The summed E-state index contributed by atoms with van der Waals surface area (Å²) in [4.78, 5) is 20.4. The highest BCUT2D eigenvalue weighted by molar-refractivity contribution is 5.51. The van der Waals surface area contributed by atoms with Gasteiger partial charge in [-0.2, -0.15) is 15.0 Å². The van der Waals surface area contributed by atoms with Gasteiger partial charge in [-0.25, -0.2) is 0 Å². The topological polar surface area (TPSA) is 60.4 Å². The maximum Gasteiger partial charge on any atom is 0.236 e. The van der Waals surface area contributed by atoms with E-state index in [1.165, 1.54) is 0 Å². The van der Waals surface area contributed by atoms with Gasteiger partial charge in [-0.3, -0.25) is 0 Å². The second kappa shape index (κ2) is 6.84. The summed E-state index contributed by atoms with van der Waals surface area (Å²) in [6, 6.07) is 0. The van der Waals surface area contributed by atoms with Crippen LogP contribution in [-0.4, -0.2) is 54.2 Å². The van der Waals surface area contributed by atoms with E-state index in [0.29, 0.717) is 11.9 Å². The highest BCUT2D eigenvalue weighted by atomic mass is 15.4. The molecule has 3 aliphatic rings. The van der Waals surface area contributed by atoms with E-state index in [4.69, 9.17) is 15.0 Å². The predicted octanol–water partition coefficient (Wildman–Crippen LogP) is 1.06. The van der Waals surface area contributed by atoms with Gasteiger partial charge in [0.15, 0.2) is 0 Å². The van der Waals surface area contributed by atoms with Crippen molar-refractivity contribution in [3.8, 4) is 0 Å². The van der Waals surface area contributed by atoms with Crippen LogP contribution in [0.2, 0.25) is 0 Å². The molecular formula is C17H21N7. The molecule has 0 atom stereocenters. The van der Waals surface area contributed by atoms with Crippen molar-refractivity contribution in [2.75, 3.05) is 54.0 Å². The van der Waals surface area contributed by atoms with E-state index in [0.717, 1.165) is 45.2 Å². The first-order valence-electron chi connectivity index (χ1n) is 8.32. The molecule has 1 fully saturated rings. The van der Waals surface area contributed by atoms with Gasteiger partial charge in [-0.15, -0.1) is 0 Å². The minimum Gasteiger partial charge on any atom is -0.338 e. The van der Waals surface area contributed by atoms with Crippen LogP contribution in [0.3, 0.4) is 0 Å². The summed E-state index contributed by atoms with van der Waals surface area (Å²) in [7, 11) is 0. The van der Waals surface area contributed by atoms with Crippen LogP contribution in [0.5, 0.6) is 0 Å². The quantitative estimate of drug-likeness (QED) is 0.892. The van der Waals surface area contributed by atoms with Gasteiger partial charge >= 0.3 is 0 Å². The Bertz CT molecular complexity index is 653. The molecule has 0 spiro atoms. The average molecular weight is 323 g/mol. The molecule has 0 unspecified atom stereocenters. The van der Waals surface area contributed by atoms with Gasteiger partial charge in [0.25, 0.3) is 0 Å². The van der Waals surface area contributed by atoms with Gasteiger partial charge in [-0.05, 0) is 12.2 Å². The number of allylic oxidation sites excluding steroid dienone is 4. The third kappa shape index (κ3) is 3.16. The summed E-state index contributed by atoms with van der Waals surface area (Å²) >= 11 is 0. The lowest BCUT2D eigenvalue weighted by Crippen LogP contribution is -2.44. The summed E-state index contributed by atoms with van der Waals surface area (Å²) in [5, 5.41) is 3.37. The second-order valence-electron chi connectivity index (χ2n) is 5.82. The van der Waals surface area contributed by atoms with Gasteiger partial charge in [0, 0.05) is 51.7 Å². The maximum atomic E-state index is 4.72. The Morgan fingerprint density at radius 3 is 1.75 bits per heavy atom. The Balaban J connectivity index is 1.69. The molecule has 1 aromatic rings. The van der Waals surface area contributed by atoms with E-state index in [1.807, 2.05) is 46.5 Å². The molecule has 4 heterocycles. The molecule has 7 nitrogen and oxygen atoms in total. The molecule has 1 saturated heterocycles. The molecule has 4 rings (SSSR count). The van der Waals surface area contributed by atoms with Crippen LogP contribution < -0.4 is 20.0 Å². The fourth-order valence-corrected chi connectivity index (χ4v) is 2.84. The van der Waals surface area contributed by atoms with E-state index in [9.17, 15) is 0 Å². The average Bonchev–Trinajstić information content (AvgIpc) is 2.70. The standard InChI is InChI=1S/C17H21N7/c1-3-9-22(10-4-1)15-19-16(23-11-5-2-6-12-23)21-17(20-15)24-13-7-18-8-14-24/h1-6,9,11,18H,7-8,10,12-14H2. The molecular weight excluding hydrogens is 302 g/mol. The number of hydrogen-bond donors (Lipinski definition) is 1. The number of nitrogens with one attached hydrogen (secondary N) is 1. The lowest BCUT2D eigenvalue weighted by atomic mass is 10.3. The summed E-state index contributed by atoms with van der Waals surface area (Å²) in [6.45, 7) is 5.28. The molecule has 0 radical (unpaired) electrons. The van der Waals surface area contributed by atoms with E-state index in [-0.39, 0.29) is 0 Å². The van der Waals surface area contributed by atoms with E-state index >= 15 is 0 Å². The van der Waals surface area contributed by atoms with Gasteiger partial charge in [-0.1, -0.05) is 24.3 Å². The van der Waals surface area contributed by atoms with Crippen molar-refractivity contribution in [2.45, 2.75) is 0 Å². The molecule has 1 aromatic heterocycles. The molecule has 24 heavy (non-hydrogen) atoms. The fourth-order valence-electron chi connectivity index (χ4n) is 2.84. The van der Waals surface area contributed by atoms with Crippen LogP contribution >= 0.6 is 0 Å². The van der Waals surface area contributed by atoms with Gasteiger partial charge < -0.3 is 20.0 Å². The minimum absolute atomic E-state index is 0.692. The lowest BCUT2D eigenvalue weighted by molar-refractivity contribution is 0.578. The SMILES string of the molecule is C1=CCN(c2nc(N3C=CC=CC3)nc(N3CCNCC3)n2)C=C1. The van der Waals surface area contributed by atoms with Gasteiger partial charge in [0.1, 0.15) is 0 Å². The zero-order valence-electron chi connectivity index (χ0n) is 13.5. The normalized spacial score (nSPS) is 20.1. The summed E-state index contributed by atoms with van der Waals surface area (Å²) in [6.07, 6.45) is 16.3. The molecule has 0 aliphatic carbocycles. The van der Waals surface area contributed by atoms with Crippen LogP contribution in [0.15, 0.2) is 48.9 Å². The van der Waals surface area contributed by atoms with Crippen molar-refractivity contribution in [1.82, 2.24) is 20.3 Å². The molecule has 1 N–H and O–H groups in total. The Morgan fingerprint density at radius 1 is 0.708 bits per heavy atom. The highest BCUT2D eigenvalue weighted by Gasteiger charge is 2.20. The number of hydrogen-bond acceptors (Lipinski definition) is 7. The molecule has 0 saturated carbocycles. The molecule has 124 valence electrons. The van der Waals surface area contributed by atoms with Crippen molar-refractivity contribution < 1.29 is 0 Å². The van der Waals surface area contributed by atoms with Crippen LogP contribution in [0.25, 0.3) is 0 Å². The Labute approximate surface area is 141 Å². The number of nitrogens with zero attached hydrogens (tertiary/aromatic N) is 6. The Kier molecular flexibility index (Phi) is 4.24. The smallest absolute Gasteiger partial charge is 0.236 e. The Hall–Kier alpha value is -2.67. The van der Waals surface area contributed by atoms with Crippen LogP contribution in [-0.2, 0) is 0 Å². The van der Waals surface area contributed by atoms with Crippen LogP contribution in [0.1, 0.15) is 0 Å². The molecule has 7 heteroatoms. The van der Waals surface area contributed by atoms with Gasteiger partial charge in [0.05, 0.1) is 0 Å². The predicted molar refractivity (Wildman–Crippen MR) is 96.2 cm³/mol. The summed E-state index contributed by atoms with van der Waals surface area (Å²) in [5.74, 6) is 2.14. The van der Waals surface area contributed by atoms with Crippen LogP contribution in [0.4, 0.5) is 17.8 Å². The van der Waals surface area contributed by atoms with Crippen molar-refractivity contribution in [2.24, 2.45) is 0 Å². The molecule has 0 amide bonds.